The van der Waals surface area contributed by atoms with E-state index in [4.69, 9.17) is 5.73 Å². The SMILES string of the molecule is Cc1[nH]c(CCN)nc1-c1ccc2c(c1)nc(C)n2C. The monoisotopic (exact) mass is 269 g/mol. The standard InChI is InChI=1S/C15H19N5/c1-9-15(19-14(17-9)6-7-16)11-4-5-13-12(8-11)18-10(2)20(13)3/h4-5,8H,6-7,16H2,1-3H3,(H,17,19). The van der Waals surface area contributed by atoms with Crippen LogP contribution in [-0.4, -0.2) is 26.1 Å². The molecule has 2 heterocycles. The first-order valence-corrected chi connectivity index (χ1v) is 6.79. The minimum Gasteiger partial charge on any atom is -0.346 e. The van der Waals surface area contributed by atoms with E-state index in [0.717, 1.165) is 46.1 Å². The van der Waals surface area contributed by atoms with Gasteiger partial charge in [0.2, 0.25) is 0 Å². The second kappa shape index (κ2) is 4.76. The zero-order chi connectivity index (χ0) is 14.3. The van der Waals surface area contributed by atoms with E-state index in [-0.39, 0.29) is 0 Å². The lowest BCUT2D eigenvalue weighted by Gasteiger charge is -2.00. The summed E-state index contributed by atoms with van der Waals surface area (Å²) in [5, 5.41) is 0. The van der Waals surface area contributed by atoms with Gasteiger partial charge in [0.15, 0.2) is 0 Å². The van der Waals surface area contributed by atoms with Crippen molar-refractivity contribution < 1.29 is 0 Å². The van der Waals surface area contributed by atoms with E-state index in [1.807, 2.05) is 20.9 Å². The molecule has 3 N–H and O–H groups in total. The maximum atomic E-state index is 5.58. The molecule has 20 heavy (non-hydrogen) atoms. The Labute approximate surface area is 117 Å². The highest BCUT2D eigenvalue weighted by Gasteiger charge is 2.11. The van der Waals surface area contributed by atoms with Crippen molar-refractivity contribution in [2.45, 2.75) is 20.3 Å². The van der Waals surface area contributed by atoms with Crippen LogP contribution < -0.4 is 5.73 Å². The van der Waals surface area contributed by atoms with Crippen molar-refractivity contribution in [2.24, 2.45) is 12.8 Å². The minimum atomic E-state index is 0.602. The summed E-state index contributed by atoms with van der Waals surface area (Å²) in [4.78, 5) is 12.5. The summed E-state index contributed by atoms with van der Waals surface area (Å²) in [6.07, 6.45) is 0.770. The maximum absolute atomic E-state index is 5.58. The quantitative estimate of drug-likeness (QED) is 0.764. The number of aromatic nitrogens is 4. The van der Waals surface area contributed by atoms with E-state index in [0.29, 0.717) is 6.54 Å². The van der Waals surface area contributed by atoms with Gasteiger partial charge >= 0.3 is 0 Å². The van der Waals surface area contributed by atoms with Crippen molar-refractivity contribution in [3.05, 3.63) is 35.5 Å². The minimum absolute atomic E-state index is 0.602. The Morgan fingerprint density at radius 2 is 2.05 bits per heavy atom. The lowest BCUT2D eigenvalue weighted by Crippen LogP contribution is -2.03. The Bertz CT molecular complexity index is 766. The van der Waals surface area contributed by atoms with Crippen LogP contribution in [0.25, 0.3) is 22.3 Å². The van der Waals surface area contributed by atoms with Gasteiger partial charge in [0.05, 0.1) is 16.7 Å². The molecule has 0 aliphatic carbocycles. The number of nitrogens with zero attached hydrogens (tertiary/aromatic N) is 3. The summed E-state index contributed by atoms with van der Waals surface area (Å²) in [5.74, 6) is 1.96. The van der Waals surface area contributed by atoms with E-state index in [1.165, 1.54) is 0 Å². The molecule has 0 saturated heterocycles. The summed E-state index contributed by atoms with van der Waals surface area (Å²) in [6, 6.07) is 6.29. The fourth-order valence-electron chi connectivity index (χ4n) is 2.53. The number of rotatable bonds is 3. The zero-order valence-corrected chi connectivity index (χ0v) is 12.1. The van der Waals surface area contributed by atoms with Gasteiger partial charge in [0.25, 0.3) is 0 Å². The molecule has 3 rings (SSSR count). The van der Waals surface area contributed by atoms with Crippen molar-refractivity contribution in [3.63, 3.8) is 0 Å². The highest BCUT2D eigenvalue weighted by molar-refractivity contribution is 5.82. The topological polar surface area (TPSA) is 72.5 Å². The number of nitrogens with one attached hydrogen (secondary N) is 1. The number of aromatic amines is 1. The van der Waals surface area contributed by atoms with Gasteiger partial charge in [-0.05, 0) is 32.5 Å². The van der Waals surface area contributed by atoms with E-state index in [9.17, 15) is 0 Å². The second-order valence-corrected chi connectivity index (χ2v) is 5.12. The average Bonchev–Trinajstić information content (AvgIpc) is 2.91. The van der Waals surface area contributed by atoms with Crippen LogP contribution in [0.5, 0.6) is 0 Å². The highest BCUT2D eigenvalue weighted by Crippen LogP contribution is 2.25. The molecule has 2 aromatic heterocycles. The Hall–Kier alpha value is -2.14. The van der Waals surface area contributed by atoms with Crippen LogP contribution in [0.15, 0.2) is 18.2 Å². The first-order valence-electron chi connectivity index (χ1n) is 6.79. The van der Waals surface area contributed by atoms with Gasteiger partial charge in [-0.25, -0.2) is 9.97 Å². The number of aryl methyl sites for hydroxylation is 3. The van der Waals surface area contributed by atoms with Gasteiger partial charge in [-0.3, -0.25) is 0 Å². The summed E-state index contributed by atoms with van der Waals surface area (Å²) < 4.78 is 2.09. The maximum Gasteiger partial charge on any atom is 0.108 e. The molecule has 0 atom stereocenters. The van der Waals surface area contributed by atoms with Crippen molar-refractivity contribution >= 4 is 11.0 Å². The molecule has 0 radical (unpaired) electrons. The molecule has 0 aliphatic heterocycles. The van der Waals surface area contributed by atoms with E-state index >= 15 is 0 Å². The predicted molar refractivity (Wildman–Crippen MR) is 80.5 cm³/mol. The molecule has 3 aromatic rings. The third kappa shape index (κ3) is 2.00. The zero-order valence-electron chi connectivity index (χ0n) is 12.1. The van der Waals surface area contributed by atoms with Crippen LogP contribution in [0.4, 0.5) is 0 Å². The summed E-state index contributed by atoms with van der Waals surface area (Å²) >= 11 is 0. The number of hydrogen-bond acceptors (Lipinski definition) is 3. The van der Waals surface area contributed by atoms with Gasteiger partial charge in [0.1, 0.15) is 11.6 Å². The summed E-state index contributed by atoms with van der Waals surface area (Å²) in [7, 11) is 2.03. The normalized spacial score (nSPS) is 11.4. The lowest BCUT2D eigenvalue weighted by molar-refractivity contribution is 0.886. The van der Waals surface area contributed by atoms with Crippen molar-refractivity contribution in [3.8, 4) is 11.3 Å². The molecule has 0 aliphatic rings. The fourth-order valence-corrected chi connectivity index (χ4v) is 2.53. The van der Waals surface area contributed by atoms with Gasteiger partial charge in [-0.15, -0.1) is 0 Å². The molecular weight excluding hydrogens is 250 g/mol. The number of H-pyrrole nitrogens is 1. The van der Waals surface area contributed by atoms with Crippen molar-refractivity contribution in [1.82, 2.24) is 19.5 Å². The Balaban J connectivity index is 2.10. The Morgan fingerprint density at radius 3 is 2.80 bits per heavy atom. The first kappa shape index (κ1) is 12.9. The highest BCUT2D eigenvalue weighted by atomic mass is 15.0. The van der Waals surface area contributed by atoms with E-state index in [2.05, 4.69) is 37.7 Å². The largest absolute Gasteiger partial charge is 0.346 e. The third-order valence-corrected chi connectivity index (χ3v) is 3.69. The molecule has 104 valence electrons. The van der Waals surface area contributed by atoms with Crippen LogP contribution in [0.2, 0.25) is 0 Å². The fraction of sp³-hybridized carbons (Fsp3) is 0.333. The average molecular weight is 269 g/mol. The van der Waals surface area contributed by atoms with Gasteiger partial charge in [0, 0.05) is 24.7 Å². The smallest absolute Gasteiger partial charge is 0.108 e. The van der Waals surface area contributed by atoms with Gasteiger partial charge < -0.3 is 15.3 Å². The molecule has 0 saturated carbocycles. The molecule has 0 unspecified atom stereocenters. The Kier molecular flexibility index (Phi) is 3.06. The second-order valence-electron chi connectivity index (χ2n) is 5.12. The molecular formula is C15H19N5. The van der Waals surface area contributed by atoms with E-state index in [1.54, 1.807) is 0 Å². The molecule has 0 amide bonds. The van der Waals surface area contributed by atoms with Crippen molar-refractivity contribution in [2.75, 3.05) is 6.54 Å². The molecule has 0 spiro atoms. The molecule has 5 nitrogen and oxygen atoms in total. The predicted octanol–water partition coefficient (Wildman–Crippen LogP) is 2.08. The van der Waals surface area contributed by atoms with Crippen LogP contribution >= 0.6 is 0 Å². The molecule has 0 fully saturated rings. The summed E-state index contributed by atoms with van der Waals surface area (Å²) in [5.41, 5.74) is 10.9. The summed E-state index contributed by atoms with van der Waals surface area (Å²) in [6.45, 7) is 4.65. The molecule has 0 bridgehead atoms. The molecule has 1 aromatic carbocycles. The van der Waals surface area contributed by atoms with Crippen LogP contribution in [0.1, 0.15) is 17.3 Å². The number of benzene rings is 1. The third-order valence-electron chi connectivity index (χ3n) is 3.69. The lowest BCUT2D eigenvalue weighted by atomic mass is 10.1. The van der Waals surface area contributed by atoms with Crippen LogP contribution in [-0.2, 0) is 13.5 Å². The van der Waals surface area contributed by atoms with Crippen molar-refractivity contribution in [1.29, 1.82) is 0 Å². The number of fused-ring (bicyclic) bond motifs is 1. The van der Waals surface area contributed by atoms with Gasteiger partial charge in [-0.1, -0.05) is 6.07 Å². The van der Waals surface area contributed by atoms with Crippen LogP contribution in [0.3, 0.4) is 0 Å². The number of nitrogens with two attached hydrogens (primary N) is 1. The number of hydrogen-bond donors (Lipinski definition) is 2. The Morgan fingerprint density at radius 1 is 1.25 bits per heavy atom. The van der Waals surface area contributed by atoms with Gasteiger partial charge in [-0.2, -0.15) is 0 Å². The van der Waals surface area contributed by atoms with Crippen LogP contribution in [0, 0.1) is 13.8 Å². The van der Waals surface area contributed by atoms with E-state index < -0.39 is 0 Å². The molecule has 5 heteroatoms. The first-order chi connectivity index (χ1) is 9.60. The number of imidazole rings is 2.